The Bertz CT molecular complexity index is 375. The minimum Gasteiger partial charge on any atom is -0.0708 e. The van der Waals surface area contributed by atoms with Crippen LogP contribution in [0.1, 0.15) is 19.8 Å². The summed E-state index contributed by atoms with van der Waals surface area (Å²) in [7, 11) is 0. The van der Waals surface area contributed by atoms with Gasteiger partial charge >= 0.3 is 0 Å². The molecule has 4 atom stereocenters. The molecule has 0 N–H and O–H groups in total. The zero-order valence-electron chi connectivity index (χ0n) is 6.65. The normalized spacial score (nSPS) is 59.5. The molecule has 5 aliphatic rings. The van der Waals surface area contributed by atoms with Crippen LogP contribution in [0.15, 0.2) is 22.6 Å². The highest BCUT2D eigenvalue weighted by molar-refractivity contribution is 5.48. The summed E-state index contributed by atoms with van der Waals surface area (Å²) < 4.78 is 0. The van der Waals surface area contributed by atoms with Crippen LogP contribution in [0, 0.1) is 23.2 Å². The van der Waals surface area contributed by atoms with Gasteiger partial charge in [-0.25, -0.2) is 0 Å². The number of hydrogen-bond donors (Lipinski definition) is 0. The highest BCUT2D eigenvalue weighted by Gasteiger charge is 2.73. The fourth-order valence-corrected chi connectivity index (χ4v) is 3.97. The van der Waals surface area contributed by atoms with Gasteiger partial charge in [-0.05, 0) is 41.2 Å². The summed E-state index contributed by atoms with van der Waals surface area (Å²) in [6.45, 7) is 2.38. The van der Waals surface area contributed by atoms with Crippen LogP contribution in [-0.4, -0.2) is 0 Å². The average molecular weight is 142 g/mol. The molecule has 0 aromatic rings. The lowest BCUT2D eigenvalue weighted by atomic mass is 9.40. The molecular formula is C11H10. The lowest BCUT2D eigenvalue weighted by Crippen LogP contribution is -2.57. The van der Waals surface area contributed by atoms with Crippen LogP contribution >= 0.6 is 0 Å². The van der Waals surface area contributed by atoms with Gasteiger partial charge in [0.1, 0.15) is 0 Å². The Morgan fingerprint density at radius 2 is 2.36 bits per heavy atom. The predicted octanol–water partition coefficient (Wildman–Crippen LogP) is 2.28. The Hall–Kier alpha value is -0.700. The first kappa shape index (κ1) is 5.04. The van der Waals surface area contributed by atoms with Crippen LogP contribution in [0.25, 0.3) is 0 Å². The van der Waals surface area contributed by atoms with Gasteiger partial charge in [-0.3, -0.25) is 0 Å². The molecule has 0 aromatic carbocycles. The van der Waals surface area contributed by atoms with Crippen molar-refractivity contribution in [3.8, 4) is 0 Å². The van der Waals surface area contributed by atoms with E-state index >= 15 is 0 Å². The third kappa shape index (κ3) is 0.277. The molecule has 5 rings (SSSR count). The van der Waals surface area contributed by atoms with Crippen molar-refractivity contribution in [2.75, 3.05) is 0 Å². The number of rotatable bonds is 0. The van der Waals surface area contributed by atoms with Crippen LogP contribution in [0.3, 0.4) is 0 Å². The summed E-state index contributed by atoms with van der Waals surface area (Å²) in [5, 5.41) is 0. The number of allylic oxidation sites excluding steroid dienone is 2. The van der Waals surface area contributed by atoms with Gasteiger partial charge in [0.15, 0.2) is 0 Å². The maximum absolute atomic E-state index is 3.35. The Morgan fingerprint density at radius 1 is 1.45 bits per heavy atom. The Morgan fingerprint density at radius 3 is 3.27 bits per heavy atom. The fraction of sp³-hybridized carbons (Fsp3) is 0.636. The van der Waals surface area contributed by atoms with E-state index < -0.39 is 0 Å². The van der Waals surface area contributed by atoms with Gasteiger partial charge in [-0.2, -0.15) is 0 Å². The van der Waals surface area contributed by atoms with Crippen LogP contribution in [0.5, 0.6) is 0 Å². The first-order valence-electron chi connectivity index (χ1n) is 4.57. The Labute approximate surface area is 66.3 Å². The maximum Gasteiger partial charge on any atom is 0.00204 e. The third-order valence-electron chi connectivity index (χ3n) is 4.62. The molecule has 4 bridgehead atoms. The van der Waals surface area contributed by atoms with E-state index in [-0.39, 0.29) is 0 Å². The number of hydrogen-bond acceptors (Lipinski definition) is 0. The van der Waals surface area contributed by atoms with Gasteiger partial charge < -0.3 is 0 Å². The van der Waals surface area contributed by atoms with Crippen molar-refractivity contribution in [1.29, 1.82) is 0 Å². The predicted molar refractivity (Wildman–Crippen MR) is 41.9 cm³/mol. The Kier molecular flexibility index (Phi) is 0.497. The average Bonchev–Trinajstić information content (AvgIpc) is 2.39. The molecule has 0 aromatic heterocycles. The molecule has 0 radical (unpaired) electrons. The summed E-state index contributed by atoms with van der Waals surface area (Å²) in [5.74, 6) is 2.73. The molecular weight excluding hydrogens is 132 g/mol. The maximum atomic E-state index is 3.35. The van der Waals surface area contributed by atoms with Crippen molar-refractivity contribution < 1.29 is 0 Å². The monoisotopic (exact) mass is 142 g/mol. The van der Waals surface area contributed by atoms with E-state index in [1.165, 1.54) is 12.8 Å². The van der Waals surface area contributed by atoms with Gasteiger partial charge in [0.05, 0.1) is 0 Å². The molecule has 0 amide bonds. The molecule has 5 aliphatic carbocycles. The molecule has 0 saturated heterocycles. The lowest BCUT2D eigenvalue weighted by Gasteiger charge is -2.62. The van der Waals surface area contributed by atoms with E-state index in [4.69, 9.17) is 0 Å². The molecule has 0 heteroatoms. The summed E-state index contributed by atoms with van der Waals surface area (Å²) >= 11 is 0. The van der Waals surface area contributed by atoms with Crippen molar-refractivity contribution in [3.05, 3.63) is 22.6 Å². The SMILES string of the molecule is CC1C2=C=C=C3CC14CC3C24. The molecule has 4 fully saturated rings. The van der Waals surface area contributed by atoms with E-state index in [0.29, 0.717) is 0 Å². The van der Waals surface area contributed by atoms with Crippen LogP contribution in [0.2, 0.25) is 0 Å². The minimum atomic E-state index is 0.742. The quantitative estimate of drug-likeness (QED) is 0.455. The highest BCUT2D eigenvalue weighted by Crippen LogP contribution is 2.80. The zero-order valence-corrected chi connectivity index (χ0v) is 6.65. The van der Waals surface area contributed by atoms with Crippen molar-refractivity contribution in [1.82, 2.24) is 0 Å². The second-order valence-corrected chi connectivity index (χ2v) is 4.65. The summed E-state index contributed by atoms with van der Waals surface area (Å²) in [6, 6.07) is 0. The minimum absolute atomic E-state index is 0.742. The van der Waals surface area contributed by atoms with E-state index in [0.717, 1.165) is 23.2 Å². The fourth-order valence-electron chi connectivity index (χ4n) is 3.97. The second kappa shape index (κ2) is 1.08. The standard InChI is InChI=1S/C11H10/c1-6-8-3-2-7-4-11(6)5-9(7)10(8)11/h6,9-10H,4-5H2,1H3. The molecule has 54 valence electrons. The van der Waals surface area contributed by atoms with Crippen molar-refractivity contribution in [3.63, 3.8) is 0 Å². The molecule has 0 nitrogen and oxygen atoms in total. The smallest absolute Gasteiger partial charge is 0.00204 e. The van der Waals surface area contributed by atoms with Gasteiger partial charge in [-0.1, -0.05) is 18.4 Å². The molecule has 0 heterocycles. The largest absolute Gasteiger partial charge is 0.0708 e. The molecule has 4 unspecified atom stereocenters. The summed E-state index contributed by atoms with van der Waals surface area (Å²) in [5.41, 5.74) is 10.6. The molecule has 11 heavy (non-hydrogen) atoms. The van der Waals surface area contributed by atoms with Crippen molar-refractivity contribution in [2.45, 2.75) is 19.8 Å². The molecule has 4 saturated carbocycles. The van der Waals surface area contributed by atoms with Gasteiger partial charge in [-0.15, -0.1) is 0 Å². The van der Waals surface area contributed by atoms with E-state index in [1.54, 1.807) is 11.1 Å². The van der Waals surface area contributed by atoms with Gasteiger partial charge in [0.2, 0.25) is 0 Å². The van der Waals surface area contributed by atoms with Crippen molar-refractivity contribution in [2.24, 2.45) is 23.2 Å². The summed E-state index contributed by atoms with van der Waals surface area (Å²) in [6.07, 6.45) is 2.84. The van der Waals surface area contributed by atoms with E-state index in [2.05, 4.69) is 18.4 Å². The van der Waals surface area contributed by atoms with Crippen LogP contribution in [0.4, 0.5) is 0 Å². The zero-order chi connectivity index (χ0) is 7.22. The lowest BCUT2D eigenvalue weighted by molar-refractivity contribution is -0.0605. The summed E-state index contributed by atoms with van der Waals surface area (Å²) in [4.78, 5) is 0. The highest BCUT2D eigenvalue weighted by atomic mass is 14.8. The second-order valence-electron chi connectivity index (χ2n) is 4.65. The topological polar surface area (TPSA) is 0 Å². The first-order valence-corrected chi connectivity index (χ1v) is 4.57. The van der Waals surface area contributed by atoms with Gasteiger partial charge in [0, 0.05) is 5.92 Å². The van der Waals surface area contributed by atoms with Crippen LogP contribution < -0.4 is 0 Å². The first-order chi connectivity index (χ1) is 5.33. The molecule has 0 aliphatic heterocycles. The van der Waals surface area contributed by atoms with Crippen LogP contribution in [-0.2, 0) is 0 Å². The van der Waals surface area contributed by atoms with Crippen molar-refractivity contribution >= 4 is 0 Å². The molecule has 1 spiro atoms. The van der Waals surface area contributed by atoms with Gasteiger partial charge in [0.25, 0.3) is 0 Å². The van der Waals surface area contributed by atoms with E-state index in [1.807, 2.05) is 0 Å². The van der Waals surface area contributed by atoms with E-state index in [9.17, 15) is 0 Å². The Balaban J connectivity index is 2.17. The third-order valence-corrected chi connectivity index (χ3v) is 4.62.